The smallest absolute Gasteiger partial charge is 0.326 e. The summed E-state index contributed by atoms with van der Waals surface area (Å²) in [6.07, 6.45) is 1.94. The lowest BCUT2D eigenvalue weighted by Crippen LogP contribution is -2.59. The largest absolute Gasteiger partial charge is 0.480 e. The lowest BCUT2D eigenvalue weighted by molar-refractivity contribution is -0.142. The number of amides is 3. The fourth-order valence-corrected chi connectivity index (χ4v) is 2.76. The molecule has 1 heterocycles. The van der Waals surface area contributed by atoms with Crippen LogP contribution in [0.25, 0.3) is 0 Å². The van der Waals surface area contributed by atoms with Gasteiger partial charge < -0.3 is 36.9 Å². The van der Waals surface area contributed by atoms with Crippen LogP contribution < -0.4 is 21.7 Å². The average molecular weight is 441 g/mol. The second kappa shape index (κ2) is 12.0. The van der Waals surface area contributed by atoms with Crippen molar-refractivity contribution in [2.24, 2.45) is 11.7 Å². The van der Waals surface area contributed by atoms with Crippen molar-refractivity contribution in [2.75, 3.05) is 0 Å². The minimum atomic E-state index is -1.33. The molecule has 0 aromatic carbocycles. The van der Waals surface area contributed by atoms with Crippen molar-refractivity contribution in [2.45, 2.75) is 70.8 Å². The van der Waals surface area contributed by atoms with Gasteiger partial charge in [0.2, 0.25) is 17.7 Å². The van der Waals surface area contributed by atoms with Crippen molar-refractivity contribution in [1.29, 1.82) is 0 Å². The number of aliphatic carboxylic acids is 1. The summed E-state index contributed by atoms with van der Waals surface area (Å²) in [5.41, 5.74) is 6.32. The van der Waals surface area contributed by atoms with Crippen molar-refractivity contribution in [3.8, 4) is 0 Å². The van der Waals surface area contributed by atoms with Crippen LogP contribution in [-0.2, 0) is 25.6 Å². The number of H-pyrrole nitrogens is 1. The van der Waals surface area contributed by atoms with Gasteiger partial charge in [0.1, 0.15) is 18.1 Å². The second-order valence-electron chi connectivity index (χ2n) is 7.87. The van der Waals surface area contributed by atoms with E-state index in [2.05, 4.69) is 25.9 Å². The van der Waals surface area contributed by atoms with Crippen molar-refractivity contribution in [3.63, 3.8) is 0 Å². The molecule has 31 heavy (non-hydrogen) atoms. The normalized spacial score (nSPS) is 16.0. The number of aromatic amines is 1. The van der Waals surface area contributed by atoms with Gasteiger partial charge in [-0.2, -0.15) is 0 Å². The molecule has 0 fully saturated rings. The van der Waals surface area contributed by atoms with E-state index in [9.17, 15) is 29.4 Å². The Morgan fingerprint density at radius 3 is 2.19 bits per heavy atom. The number of carboxylic acid groups (broad SMARTS) is 1. The highest BCUT2D eigenvalue weighted by Gasteiger charge is 2.31. The predicted octanol–water partition coefficient (Wildman–Crippen LogP) is -1.73. The lowest BCUT2D eigenvalue weighted by Gasteiger charge is -2.25. The average Bonchev–Trinajstić information content (AvgIpc) is 3.17. The molecule has 12 heteroatoms. The van der Waals surface area contributed by atoms with Gasteiger partial charge in [0.15, 0.2) is 0 Å². The summed E-state index contributed by atoms with van der Waals surface area (Å²) in [6, 6.07) is -4.55. The van der Waals surface area contributed by atoms with Gasteiger partial charge in [-0.25, -0.2) is 9.78 Å². The monoisotopic (exact) mass is 440 g/mol. The van der Waals surface area contributed by atoms with Gasteiger partial charge in [-0.1, -0.05) is 13.8 Å². The molecule has 0 aliphatic rings. The zero-order chi connectivity index (χ0) is 23.7. The zero-order valence-electron chi connectivity index (χ0n) is 18.1. The minimum Gasteiger partial charge on any atom is -0.480 e. The van der Waals surface area contributed by atoms with Crippen LogP contribution in [0.1, 0.15) is 39.8 Å². The van der Waals surface area contributed by atoms with Crippen LogP contribution in [0.4, 0.5) is 0 Å². The predicted molar refractivity (Wildman–Crippen MR) is 111 cm³/mol. The van der Waals surface area contributed by atoms with E-state index in [1.54, 1.807) is 0 Å². The van der Waals surface area contributed by atoms with Gasteiger partial charge in [0, 0.05) is 18.3 Å². The number of imidazole rings is 1. The summed E-state index contributed by atoms with van der Waals surface area (Å²) in [4.78, 5) is 55.1. The van der Waals surface area contributed by atoms with E-state index >= 15 is 0 Å². The van der Waals surface area contributed by atoms with Crippen LogP contribution in [0.2, 0.25) is 0 Å². The topological polar surface area (TPSA) is 200 Å². The fourth-order valence-electron chi connectivity index (χ4n) is 2.76. The minimum absolute atomic E-state index is 0.0260. The summed E-state index contributed by atoms with van der Waals surface area (Å²) < 4.78 is 0. The second-order valence-corrected chi connectivity index (χ2v) is 7.87. The number of aliphatic hydroxyl groups is 1. The van der Waals surface area contributed by atoms with Crippen molar-refractivity contribution in [3.05, 3.63) is 18.2 Å². The number of carbonyl (C=O) groups excluding carboxylic acids is 3. The number of aliphatic hydroxyl groups excluding tert-OH is 1. The SMILES string of the molecule is CC(C)CC(N)C(=O)NC(C(=O)NC(C)C(=O)NC(Cc1cnc[nH]1)C(=O)O)C(C)O. The first-order valence-corrected chi connectivity index (χ1v) is 9.97. The highest BCUT2D eigenvalue weighted by molar-refractivity contribution is 5.94. The Morgan fingerprint density at radius 2 is 1.71 bits per heavy atom. The maximum atomic E-state index is 12.5. The van der Waals surface area contributed by atoms with E-state index < -0.39 is 54.0 Å². The highest BCUT2D eigenvalue weighted by Crippen LogP contribution is 2.04. The number of rotatable bonds is 12. The quantitative estimate of drug-likeness (QED) is 0.199. The molecule has 0 aliphatic carbocycles. The van der Waals surface area contributed by atoms with Crippen LogP contribution in [-0.4, -0.2) is 74.1 Å². The molecular weight excluding hydrogens is 408 g/mol. The molecule has 0 spiro atoms. The lowest BCUT2D eigenvalue weighted by atomic mass is 10.0. The van der Waals surface area contributed by atoms with Gasteiger partial charge in [-0.3, -0.25) is 14.4 Å². The molecule has 5 unspecified atom stereocenters. The van der Waals surface area contributed by atoms with Crippen LogP contribution in [0.5, 0.6) is 0 Å². The molecule has 0 bridgehead atoms. The Kier molecular flexibility index (Phi) is 10.1. The first-order valence-electron chi connectivity index (χ1n) is 9.97. The zero-order valence-corrected chi connectivity index (χ0v) is 18.1. The summed E-state index contributed by atoms with van der Waals surface area (Å²) in [6.45, 7) is 6.45. The van der Waals surface area contributed by atoms with E-state index in [1.807, 2.05) is 13.8 Å². The Labute approximate surface area is 180 Å². The summed E-state index contributed by atoms with van der Waals surface area (Å²) in [7, 11) is 0. The summed E-state index contributed by atoms with van der Waals surface area (Å²) >= 11 is 0. The molecule has 0 radical (unpaired) electrons. The van der Waals surface area contributed by atoms with E-state index in [-0.39, 0.29) is 12.3 Å². The standard InChI is InChI=1S/C19H32N6O6/c1-9(2)5-13(20)17(28)25-15(11(4)26)18(29)23-10(3)16(27)24-14(19(30)31)6-12-7-21-8-22-12/h7-11,13-15,26H,5-6,20H2,1-4H3,(H,21,22)(H,23,29)(H,24,27)(H,25,28)(H,30,31). The van der Waals surface area contributed by atoms with E-state index in [0.717, 1.165) is 0 Å². The molecule has 0 aliphatic heterocycles. The number of hydrogen-bond donors (Lipinski definition) is 7. The number of hydrogen-bond acceptors (Lipinski definition) is 7. The molecule has 1 aromatic heterocycles. The van der Waals surface area contributed by atoms with Crippen LogP contribution >= 0.6 is 0 Å². The molecule has 0 saturated heterocycles. The van der Waals surface area contributed by atoms with Crippen LogP contribution in [0.3, 0.4) is 0 Å². The van der Waals surface area contributed by atoms with Gasteiger partial charge in [0.05, 0.1) is 18.5 Å². The number of nitrogens with zero attached hydrogens (tertiary/aromatic N) is 1. The molecule has 1 rings (SSSR count). The third kappa shape index (κ3) is 8.72. The number of carbonyl (C=O) groups is 4. The van der Waals surface area contributed by atoms with Gasteiger partial charge in [-0.05, 0) is 26.2 Å². The highest BCUT2D eigenvalue weighted by atomic mass is 16.4. The molecule has 8 N–H and O–H groups in total. The third-order valence-electron chi connectivity index (χ3n) is 4.47. The van der Waals surface area contributed by atoms with Crippen molar-refractivity contribution >= 4 is 23.7 Å². The number of nitrogens with one attached hydrogen (secondary N) is 4. The Balaban J connectivity index is 2.71. The summed E-state index contributed by atoms with van der Waals surface area (Å²) in [5, 5.41) is 26.3. The maximum Gasteiger partial charge on any atom is 0.326 e. The molecule has 174 valence electrons. The van der Waals surface area contributed by atoms with Crippen LogP contribution in [0, 0.1) is 5.92 Å². The molecule has 1 aromatic rings. The molecule has 0 saturated carbocycles. The Morgan fingerprint density at radius 1 is 1.06 bits per heavy atom. The molecule has 3 amide bonds. The molecular formula is C19H32N6O6. The van der Waals surface area contributed by atoms with E-state index in [1.165, 1.54) is 26.4 Å². The number of carboxylic acids is 1. The Bertz CT molecular complexity index is 751. The van der Waals surface area contributed by atoms with Crippen molar-refractivity contribution in [1.82, 2.24) is 25.9 Å². The maximum absolute atomic E-state index is 12.5. The fraction of sp³-hybridized carbons (Fsp3) is 0.632. The van der Waals surface area contributed by atoms with Gasteiger partial charge >= 0.3 is 5.97 Å². The Hall–Kier alpha value is -2.99. The molecule has 12 nitrogen and oxygen atoms in total. The van der Waals surface area contributed by atoms with Gasteiger partial charge in [-0.15, -0.1) is 0 Å². The third-order valence-corrected chi connectivity index (χ3v) is 4.47. The van der Waals surface area contributed by atoms with Crippen LogP contribution in [0.15, 0.2) is 12.5 Å². The van der Waals surface area contributed by atoms with Gasteiger partial charge in [0.25, 0.3) is 0 Å². The van der Waals surface area contributed by atoms with Crippen molar-refractivity contribution < 1.29 is 29.4 Å². The van der Waals surface area contributed by atoms with E-state index in [0.29, 0.717) is 12.1 Å². The first kappa shape index (κ1) is 26.0. The molecule has 5 atom stereocenters. The number of nitrogens with two attached hydrogens (primary N) is 1. The first-order chi connectivity index (χ1) is 14.4. The summed E-state index contributed by atoms with van der Waals surface area (Å²) in [5.74, 6) is -3.24. The van der Waals surface area contributed by atoms with E-state index in [4.69, 9.17) is 5.73 Å². The number of aromatic nitrogens is 2.